The van der Waals surface area contributed by atoms with Gasteiger partial charge in [-0.15, -0.1) is 0 Å². The summed E-state index contributed by atoms with van der Waals surface area (Å²) in [6, 6.07) is 5.85. The normalized spacial score (nSPS) is 17.7. The molecule has 1 atom stereocenters. The van der Waals surface area contributed by atoms with Gasteiger partial charge in [-0.1, -0.05) is 23.7 Å². The fourth-order valence-electron chi connectivity index (χ4n) is 2.41. The van der Waals surface area contributed by atoms with Gasteiger partial charge in [-0.05, 0) is 25.0 Å². The predicted octanol–water partition coefficient (Wildman–Crippen LogP) is 1.61. The summed E-state index contributed by atoms with van der Waals surface area (Å²) in [6.07, 6.45) is 1.10. The molecule has 124 valence electrons. The van der Waals surface area contributed by atoms with Gasteiger partial charge in [0.2, 0.25) is 5.91 Å². The van der Waals surface area contributed by atoms with Crippen LogP contribution in [0.1, 0.15) is 19.3 Å². The van der Waals surface area contributed by atoms with Gasteiger partial charge in [-0.3, -0.25) is 9.59 Å². The molecule has 0 radical (unpaired) electrons. The highest BCUT2D eigenvalue weighted by atomic mass is 35.5. The van der Waals surface area contributed by atoms with Crippen molar-refractivity contribution in [1.29, 1.82) is 0 Å². The maximum atomic E-state index is 12.5. The van der Waals surface area contributed by atoms with Crippen LogP contribution >= 0.6 is 11.6 Å². The molecule has 0 aliphatic carbocycles. The Morgan fingerprint density at radius 2 is 2.09 bits per heavy atom. The zero-order valence-electron chi connectivity index (χ0n) is 12.4. The lowest BCUT2D eigenvalue weighted by Crippen LogP contribution is -2.54. The molecule has 1 saturated heterocycles. The van der Waals surface area contributed by atoms with Crippen LogP contribution in [0.4, 0.5) is 10.5 Å². The van der Waals surface area contributed by atoms with E-state index in [2.05, 4.69) is 10.6 Å². The Morgan fingerprint density at radius 1 is 1.35 bits per heavy atom. The molecule has 3 amide bonds. The van der Waals surface area contributed by atoms with Crippen LogP contribution in [-0.4, -0.2) is 42.1 Å². The number of nitrogens with zero attached hydrogens (tertiary/aromatic N) is 1. The van der Waals surface area contributed by atoms with Gasteiger partial charge in [0.25, 0.3) is 0 Å². The summed E-state index contributed by atoms with van der Waals surface area (Å²) in [6.45, 7) is 0.553. The second kappa shape index (κ2) is 7.82. The van der Waals surface area contributed by atoms with Gasteiger partial charge >= 0.3 is 12.0 Å². The molecule has 1 aliphatic rings. The lowest BCUT2D eigenvalue weighted by molar-refractivity contribution is -0.136. The maximum Gasteiger partial charge on any atom is 0.315 e. The second-order valence-electron chi connectivity index (χ2n) is 5.18. The standard InChI is InChI=1S/C15H18ClN3O4/c16-10-4-1-2-6-12(10)19-9-3-5-11(14(19)22)18-15(23)17-8-7-13(20)21/h1-2,4,6,11H,3,5,7-9H2,(H,20,21)(H2,17,18,23). The van der Waals surface area contributed by atoms with Gasteiger partial charge in [-0.25, -0.2) is 4.79 Å². The Balaban J connectivity index is 1.96. The molecule has 1 heterocycles. The number of carboxylic acid groups (broad SMARTS) is 1. The molecule has 2 rings (SSSR count). The number of piperidine rings is 1. The number of para-hydroxylation sites is 1. The molecule has 23 heavy (non-hydrogen) atoms. The maximum absolute atomic E-state index is 12.5. The summed E-state index contributed by atoms with van der Waals surface area (Å²) in [5.41, 5.74) is 0.622. The number of carbonyl (C=O) groups excluding carboxylic acids is 2. The van der Waals surface area contributed by atoms with Crippen molar-refractivity contribution in [2.45, 2.75) is 25.3 Å². The fraction of sp³-hybridized carbons (Fsp3) is 0.400. The number of nitrogens with one attached hydrogen (secondary N) is 2. The molecule has 8 heteroatoms. The number of carboxylic acids is 1. The summed E-state index contributed by atoms with van der Waals surface area (Å²) in [5, 5.41) is 14.0. The van der Waals surface area contributed by atoms with Gasteiger partial charge in [-0.2, -0.15) is 0 Å². The van der Waals surface area contributed by atoms with Crippen LogP contribution in [0.15, 0.2) is 24.3 Å². The average molecular weight is 340 g/mol. The quantitative estimate of drug-likeness (QED) is 0.759. The summed E-state index contributed by atoms with van der Waals surface area (Å²) in [5.74, 6) is -1.22. The molecular formula is C15H18ClN3O4. The number of hydrogen-bond acceptors (Lipinski definition) is 3. The Morgan fingerprint density at radius 3 is 2.78 bits per heavy atom. The SMILES string of the molecule is O=C(O)CCNC(=O)NC1CCCN(c2ccccc2Cl)C1=O. The van der Waals surface area contributed by atoms with Gasteiger partial charge in [0, 0.05) is 13.1 Å². The first-order valence-corrected chi connectivity index (χ1v) is 7.69. The van der Waals surface area contributed by atoms with E-state index in [-0.39, 0.29) is 18.9 Å². The highest BCUT2D eigenvalue weighted by Gasteiger charge is 2.31. The minimum absolute atomic E-state index is 0.0102. The molecule has 1 aromatic carbocycles. The molecule has 0 saturated carbocycles. The number of aliphatic carboxylic acids is 1. The number of halogens is 1. The molecule has 1 aromatic rings. The molecule has 0 bridgehead atoms. The van der Waals surface area contributed by atoms with E-state index < -0.39 is 18.0 Å². The van der Waals surface area contributed by atoms with E-state index in [1.54, 1.807) is 29.2 Å². The predicted molar refractivity (Wildman–Crippen MR) is 85.6 cm³/mol. The second-order valence-corrected chi connectivity index (χ2v) is 5.59. The Labute approximate surface area is 138 Å². The number of benzene rings is 1. The molecule has 3 N–H and O–H groups in total. The first-order chi connectivity index (χ1) is 11.0. The first kappa shape index (κ1) is 17.1. The lowest BCUT2D eigenvalue weighted by Gasteiger charge is -2.33. The minimum Gasteiger partial charge on any atom is -0.481 e. The van der Waals surface area contributed by atoms with Crippen molar-refractivity contribution in [2.24, 2.45) is 0 Å². The molecule has 0 aromatic heterocycles. The molecule has 7 nitrogen and oxygen atoms in total. The Bertz CT molecular complexity index is 608. The van der Waals surface area contributed by atoms with E-state index in [0.717, 1.165) is 6.42 Å². The summed E-state index contributed by atoms with van der Waals surface area (Å²) >= 11 is 6.13. The van der Waals surface area contributed by atoms with E-state index in [0.29, 0.717) is 23.7 Å². The monoisotopic (exact) mass is 339 g/mol. The van der Waals surface area contributed by atoms with Crippen LogP contribution in [0.3, 0.4) is 0 Å². The largest absolute Gasteiger partial charge is 0.481 e. The average Bonchev–Trinajstić information content (AvgIpc) is 2.50. The van der Waals surface area contributed by atoms with E-state index >= 15 is 0 Å². The van der Waals surface area contributed by atoms with Crippen molar-refractivity contribution >= 4 is 35.2 Å². The summed E-state index contributed by atoms with van der Waals surface area (Å²) in [4.78, 5) is 36.2. The summed E-state index contributed by atoms with van der Waals surface area (Å²) < 4.78 is 0. The van der Waals surface area contributed by atoms with Crippen LogP contribution in [0, 0.1) is 0 Å². The molecular weight excluding hydrogens is 322 g/mol. The van der Waals surface area contributed by atoms with Crippen molar-refractivity contribution in [1.82, 2.24) is 10.6 Å². The topological polar surface area (TPSA) is 98.7 Å². The lowest BCUT2D eigenvalue weighted by atomic mass is 10.0. The third-order valence-electron chi connectivity index (χ3n) is 3.51. The van der Waals surface area contributed by atoms with E-state index in [1.807, 2.05) is 0 Å². The fourth-order valence-corrected chi connectivity index (χ4v) is 2.65. The van der Waals surface area contributed by atoms with E-state index in [9.17, 15) is 14.4 Å². The zero-order chi connectivity index (χ0) is 16.8. The first-order valence-electron chi connectivity index (χ1n) is 7.31. The van der Waals surface area contributed by atoms with Crippen molar-refractivity contribution in [3.8, 4) is 0 Å². The van der Waals surface area contributed by atoms with Crippen LogP contribution in [0.25, 0.3) is 0 Å². The number of carbonyl (C=O) groups is 3. The number of rotatable bonds is 5. The molecule has 1 unspecified atom stereocenters. The number of anilines is 1. The number of hydrogen-bond donors (Lipinski definition) is 3. The van der Waals surface area contributed by atoms with Crippen LogP contribution in [-0.2, 0) is 9.59 Å². The third-order valence-corrected chi connectivity index (χ3v) is 3.83. The van der Waals surface area contributed by atoms with Gasteiger partial charge in [0.1, 0.15) is 6.04 Å². The molecule has 1 aliphatic heterocycles. The Kier molecular flexibility index (Phi) is 5.81. The number of amides is 3. The van der Waals surface area contributed by atoms with Crippen LogP contribution < -0.4 is 15.5 Å². The summed E-state index contributed by atoms with van der Waals surface area (Å²) in [7, 11) is 0. The van der Waals surface area contributed by atoms with E-state index in [1.165, 1.54) is 0 Å². The van der Waals surface area contributed by atoms with Crippen molar-refractivity contribution in [2.75, 3.05) is 18.0 Å². The minimum atomic E-state index is -0.996. The van der Waals surface area contributed by atoms with Gasteiger partial charge in [0.05, 0.1) is 17.1 Å². The highest BCUT2D eigenvalue weighted by Crippen LogP contribution is 2.28. The molecule has 1 fully saturated rings. The van der Waals surface area contributed by atoms with Crippen molar-refractivity contribution in [3.05, 3.63) is 29.3 Å². The zero-order valence-corrected chi connectivity index (χ0v) is 13.2. The highest BCUT2D eigenvalue weighted by molar-refractivity contribution is 6.33. The smallest absolute Gasteiger partial charge is 0.315 e. The Hall–Kier alpha value is -2.28. The number of urea groups is 1. The van der Waals surface area contributed by atoms with Crippen LogP contribution in [0.5, 0.6) is 0 Å². The van der Waals surface area contributed by atoms with Crippen LogP contribution in [0.2, 0.25) is 5.02 Å². The van der Waals surface area contributed by atoms with Gasteiger partial charge in [0.15, 0.2) is 0 Å². The van der Waals surface area contributed by atoms with Gasteiger partial charge < -0.3 is 20.6 Å². The van der Waals surface area contributed by atoms with Crippen molar-refractivity contribution in [3.63, 3.8) is 0 Å². The third kappa shape index (κ3) is 4.59. The van der Waals surface area contributed by atoms with E-state index in [4.69, 9.17) is 16.7 Å². The molecule has 0 spiro atoms. The van der Waals surface area contributed by atoms with Crippen molar-refractivity contribution < 1.29 is 19.5 Å².